The number of rotatable bonds is 1. The van der Waals surface area contributed by atoms with E-state index in [0.717, 1.165) is 19.3 Å². The highest BCUT2D eigenvalue weighted by Gasteiger charge is 2.47. The highest BCUT2D eigenvalue weighted by Crippen LogP contribution is 2.32. The predicted molar refractivity (Wildman–Crippen MR) is 76.0 cm³/mol. The van der Waals surface area contributed by atoms with E-state index >= 15 is 0 Å². The summed E-state index contributed by atoms with van der Waals surface area (Å²) in [6.07, 6.45) is 4.40. The molecule has 0 aromatic heterocycles. The van der Waals surface area contributed by atoms with E-state index in [4.69, 9.17) is 0 Å². The molecular weight excluding hydrogens is 271 g/mol. The number of amides is 2. The van der Waals surface area contributed by atoms with Gasteiger partial charge >= 0.3 is 0 Å². The molecule has 1 aliphatic carbocycles. The van der Waals surface area contributed by atoms with Gasteiger partial charge in [-0.1, -0.05) is 31.4 Å². The molecule has 1 aliphatic heterocycles. The first-order chi connectivity index (χ1) is 10.0. The molecule has 0 bridgehead atoms. The Morgan fingerprint density at radius 3 is 2.57 bits per heavy atom. The molecule has 0 radical (unpaired) electrons. The van der Waals surface area contributed by atoms with Crippen LogP contribution in [0.2, 0.25) is 0 Å². The zero-order chi connectivity index (χ0) is 15.0. The molecule has 3 rings (SSSR count). The van der Waals surface area contributed by atoms with Gasteiger partial charge in [0, 0.05) is 0 Å². The second-order valence-electron chi connectivity index (χ2n) is 6.05. The molecule has 1 saturated carbocycles. The number of piperazine rings is 1. The van der Waals surface area contributed by atoms with Crippen LogP contribution < -0.4 is 10.6 Å². The van der Waals surface area contributed by atoms with E-state index in [-0.39, 0.29) is 17.6 Å². The Balaban J connectivity index is 1.85. The van der Waals surface area contributed by atoms with Crippen LogP contribution in [0.3, 0.4) is 0 Å². The Hall–Kier alpha value is -1.91. The molecule has 1 unspecified atom stereocenters. The van der Waals surface area contributed by atoms with Crippen molar-refractivity contribution in [3.8, 4) is 0 Å². The average Bonchev–Trinajstić information content (AvgIpc) is 2.47. The van der Waals surface area contributed by atoms with Crippen molar-refractivity contribution in [1.82, 2.24) is 10.6 Å². The number of hydrogen-bond acceptors (Lipinski definition) is 2. The first-order valence-corrected chi connectivity index (χ1v) is 7.41. The minimum absolute atomic E-state index is 0.117. The number of hydrogen-bond donors (Lipinski definition) is 2. The zero-order valence-corrected chi connectivity index (χ0v) is 12.0. The van der Waals surface area contributed by atoms with Crippen molar-refractivity contribution in [2.45, 2.75) is 50.6 Å². The van der Waals surface area contributed by atoms with Gasteiger partial charge in [-0.3, -0.25) is 9.59 Å². The molecule has 5 heteroatoms. The summed E-state index contributed by atoms with van der Waals surface area (Å²) >= 11 is 0. The molecule has 1 aromatic carbocycles. The van der Waals surface area contributed by atoms with Crippen molar-refractivity contribution < 1.29 is 14.0 Å². The van der Waals surface area contributed by atoms with Crippen molar-refractivity contribution in [3.05, 3.63) is 35.1 Å². The largest absolute Gasteiger partial charge is 0.340 e. The molecule has 1 spiro atoms. The zero-order valence-electron chi connectivity index (χ0n) is 12.0. The van der Waals surface area contributed by atoms with Crippen LogP contribution in [0.25, 0.3) is 0 Å². The summed E-state index contributed by atoms with van der Waals surface area (Å²) in [6, 6.07) is 3.75. The lowest BCUT2D eigenvalue weighted by atomic mass is 9.79. The second-order valence-corrected chi connectivity index (χ2v) is 6.05. The summed E-state index contributed by atoms with van der Waals surface area (Å²) in [5.74, 6) is -0.638. The number of carbonyl (C=O) groups excluding carboxylic acids is 2. The van der Waals surface area contributed by atoms with E-state index in [1.807, 2.05) is 0 Å². The van der Waals surface area contributed by atoms with Crippen LogP contribution in [0.15, 0.2) is 18.2 Å². The molecule has 2 aliphatic rings. The van der Waals surface area contributed by atoms with Crippen molar-refractivity contribution in [3.63, 3.8) is 0 Å². The third-order valence-corrected chi connectivity index (χ3v) is 4.56. The van der Waals surface area contributed by atoms with Gasteiger partial charge in [0.25, 0.3) is 0 Å². The van der Waals surface area contributed by atoms with Gasteiger partial charge in [-0.05, 0) is 37.0 Å². The highest BCUT2D eigenvalue weighted by atomic mass is 19.1. The molecule has 112 valence electrons. The highest BCUT2D eigenvalue weighted by molar-refractivity contribution is 6.00. The van der Waals surface area contributed by atoms with Crippen LogP contribution >= 0.6 is 0 Å². The summed E-state index contributed by atoms with van der Waals surface area (Å²) in [7, 11) is 0. The maximum absolute atomic E-state index is 13.3. The summed E-state index contributed by atoms with van der Waals surface area (Å²) in [4.78, 5) is 24.8. The van der Waals surface area contributed by atoms with Crippen LogP contribution in [0.4, 0.5) is 4.39 Å². The van der Waals surface area contributed by atoms with Gasteiger partial charge < -0.3 is 10.6 Å². The van der Waals surface area contributed by atoms with E-state index in [1.165, 1.54) is 6.07 Å². The summed E-state index contributed by atoms with van der Waals surface area (Å²) in [5.41, 5.74) is 0.346. The fourth-order valence-electron chi connectivity index (χ4n) is 3.29. The van der Waals surface area contributed by atoms with Crippen LogP contribution in [0.1, 0.15) is 49.3 Å². The maximum Gasteiger partial charge on any atom is 0.248 e. The van der Waals surface area contributed by atoms with Crippen LogP contribution in [0, 0.1) is 12.7 Å². The minimum Gasteiger partial charge on any atom is -0.340 e. The lowest BCUT2D eigenvalue weighted by molar-refractivity contribution is -0.143. The maximum atomic E-state index is 13.3. The SMILES string of the molecule is Cc1cc(C2NC(=O)C3(CCCCC3)NC2=O)ccc1F. The van der Waals surface area contributed by atoms with Crippen LogP contribution in [0.5, 0.6) is 0 Å². The topological polar surface area (TPSA) is 58.2 Å². The third kappa shape index (κ3) is 2.41. The smallest absolute Gasteiger partial charge is 0.248 e. The third-order valence-electron chi connectivity index (χ3n) is 4.56. The van der Waals surface area contributed by atoms with E-state index in [9.17, 15) is 14.0 Å². The number of benzene rings is 1. The summed E-state index contributed by atoms with van der Waals surface area (Å²) < 4.78 is 13.3. The van der Waals surface area contributed by atoms with Crippen molar-refractivity contribution in [2.24, 2.45) is 0 Å². The van der Waals surface area contributed by atoms with E-state index in [0.29, 0.717) is 24.0 Å². The quantitative estimate of drug-likeness (QED) is 0.832. The number of halogens is 1. The normalized spacial score (nSPS) is 24.6. The first kappa shape index (κ1) is 14.0. The van der Waals surface area contributed by atoms with E-state index in [1.54, 1.807) is 19.1 Å². The van der Waals surface area contributed by atoms with Gasteiger partial charge in [0.2, 0.25) is 11.8 Å². The Morgan fingerprint density at radius 1 is 1.19 bits per heavy atom. The summed E-state index contributed by atoms with van der Waals surface area (Å²) in [5, 5.41) is 5.74. The fourth-order valence-corrected chi connectivity index (χ4v) is 3.29. The molecule has 2 amide bonds. The lowest BCUT2D eigenvalue weighted by Gasteiger charge is -2.42. The first-order valence-electron chi connectivity index (χ1n) is 7.41. The predicted octanol–water partition coefficient (Wildman–Crippen LogP) is 2.12. The molecule has 21 heavy (non-hydrogen) atoms. The van der Waals surface area contributed by atoms with E-state index in [2.05, 4.69) is 10.6 Å². The fraction of sp³-hybridized carbons (Fsp3) is 0.500. The van der Waals surface area contributed by atoms with Crippen molar-refractivity contribution in [2.75, 3.05) is 0 Å². The minimum atomic E-state index is -0.735. The Bertz CT molecular complexity index is 594. The Labute approximate surface area is 123 Å². The van der Waals surface area contributed by atoms with Gasteiger partial charge in [0.15, 0.2) is 0 Å². The van der Waals surface area contributed by atoms with Gasteiger partial charge in [0.1, 0.15) is 17.4 Å². The molecule has 1 aromatic rings. The molecular formula is C16H19FN2O2. The van der Waals surface area contributed by atoms with Gasteiger partial charge in [-0.2, -0.15) is 0 Å². The molecule has 4 nitrogen and oxygen atoms in total. The monoisotopic (exact) mass is 290 g/mol. The van der Waals surface area contributed by atoms with Gasteiger partial charge in [-0.15, -0.1) is 0 Å². The molecule has 1 heterocycles. The van der Waals surface area contributed by atoms with Gasteiger partial charge in [-0.25, -0.2) is 4.39 Å². The Kier molecular flexibility index (Phi) is 3.43. The molecule has 1 saturated heterocycles. The van der Waals surface area contributed by atoms with Crippen molar-refractivity contribution in [1.29, 1.82) is 0 Å². The number of aryl methyl sites for hydroxylation is 1. The average molecular weight is 290 g/mol. The number of carbonyl (C=O) groups is 2. The molecule has 1 atom stereocenters. The standard InChI is InChI=1S/C16H19FN2O2/c1-10-9-11(5-6-12(10)17)13-14(20)19-16(15(21)18-13)7-3-2-4-8-16/h5-6,9,13H,2-4,7-8H2,1H3,(H,18,21)(H,19,20). The number of nitrogens with one attached hydrogen (secondary N) is 2. The van der Waals surface area contributed by atoms with Crippen LogP contribution in [-0.4, -0.2) is 17.4 Å². The van der Waals surface area contributed by atoms with Crippen LogP contribution in [-0.2, 0) is 9.59 Å². The molecule has 2 N–H and O–H groups in total. The van der Waals surface area contributed by atoms with E-state index < -0.39 is 11.6 Å². The van der Waals surface area contributed by atoms with Crippen molar-refractivity contribution >= 4 is 11.8 Å². The second kappa shape index (κ2) is 5.13. The molecule has 2 fully saturated rings. The van der Waals surface area contributed by atoms with Gasteiger partial charge in [0.05, 0.1) is 0 Å². The Morgan fingerprint density at radius 2 is 1.90 bits per heavy atom. The summed E-state index contributed by atoms with van der Waals surface area (Å²) in [6.45, 7) is 1.64. The lowest BCUT2D eigenvalue weighted by Crippen LogP contribution is -2.67.